The van der Waals surface area contributed by atoms with Crippen molar-refractivity contribution in [3.8, 4) is 0 Å². The predicted molar refractivity (Wildman–Crippen MR) is 56.3 cm³/mol. The standard InChI is InChI=1S/C11H17NO3/c1-2-14-11(13)6-5-9(12)8-10-4-3-7-15-10/h3-4,7,9H,2,5-6,8,12H2,1H3. The van der Waals surface area contributed by atoms with E-state index in [0.717, 1.165) is 5.76 Å². The van der Waals surface area contributed by atoms with Crippen LogP contribution in [-0.4, -0.2) is 18.6 Å². The number of hydrogen-bond acceptors (Lipinski definition) is 4. The molecule has 0 aliphatic rings. The van der Waals surface area contributed by atoms with Crippen LogP contribution in [-0.2, 0) is 16.0 Å². The minimum absolute atomic E-state index is 0.0550. The van der Waals surface area contributed by atoms with Gasteiger partial charge in [-0.15, -0.1) is 0 Å². The topological polar surface area (TPSA) is 65.5 Å². The van der Waals surface area contributed by atoms with Gasteiger partial charge in [-0.05, 0) is 25.5 Å². The van der Waals surface area contributed by atoms with Crippen LogP contribution in [0.3, 0.4) is 0 Å². The van der Waals surface area contributed by atoms with E-state index >= 15 is 0 Å². The highest BCUT2D eigenvalue weighted by atomic mass is 16.5. The molecular formula is C11H17NO3. The Balaban J connectivity index is 2.19. The second-order valence-electron chi connectivity index (χ2n) is 3.39. The highest BCUT2D eigenvalue weighted by Gasteiger charge is 2.09. The van der Waals surface area contributed by atoms with Crippen molar-refractivity contribution < 1.29 is 13.9 Å². The number of furan rings is 1. The number of ether oxygens (including phenoxy) is 1. The van der Waals surface area contributed by atoms with Crippen LogP contribution in [0.5, 0.6) is 0 Å². The first-order chi connectivity index (χ1) is 7.22. The summed E-state index contributed by atoms with van der Waals surface area (Å²) >= 11 is 0. The van der Waals surface area contributed by atoms with Crippen molar-refractivity contribution >= 4 is 5.97 Å². The number of carbonyl (C=O) groups excluding carboxylic acids is 1. The molecule has 1 aromatic heterocycles. The van der Waals surface area contributed by atoms with Crippen molar-refractivity contribution in [2.45, 2.75) is 32.2 Å². The van der Waals surface area contributed by atoms with E-state index in [2.05, 4.69) is 0 Å². The molecule has 15 heavy (non-hydrogen) atoms. The van der Waals surface area contributed by atoms with Gasteiger partial charge in [-0.2, -0.15) is 0 Å². The number of carbonyl (C=O) groups is 1. The second-order valence-corrected chi connectivity index (χ2v) is 3.39. The van der Waals surface area contributed by atoms with Crippen molar-refractivity contribution in [3.05, 3.63) is 24.2 Å². The van der Waals surface area contributed by atoms with Crippen LogP contribution in [0.4, 0.5) is 0 Å². The van der Waals surface area contributed by atoms with Gasteiger partial charge in [0, 0.05) is 18.9 Å². The predicted octanol–water partition coefficient (Wildman–Crippen LogP) is 1.49. The molecule has 1 heterocycles. The third-order valence-corrected chi connectivity index (χ3v) is 2.07. The molecule has 0 saturated carbocycles. The van der Waals surface area contributed by atoms with Crippen LogP contribution in [0.2, 0.25) is 0 Å². The molecule has 1 unspecified atom stereocenters. The van der Waals surface area contributed by atoms with E-state index < -0.39 is 0 Å². The summed E-state index contributed by atoms with van der Waals surface area (Å²) in [7, 11) is 0. The lowest BCUT2D eigenvalue weighted by atomic mass is 10.1. The second kappa shape index (κ2) is 6.24. The largest absolute Gasteiger partial charge is 0.469 e. The molecule has 0 aliphatic carbocycles. The summed E-state index contributed by atoms with van der Waals surface area (Å²) in [5.74, 6) is 0.666. The summed E-state index contributed by atoms with van der Waals surface area (Å²) in [4.78, 5) is 11.0. The molecule has 0 bridgehead atoms. The normalized spacial score (nSPS) is 12.4. The number of rotatable bonds is 6. The van der Waals surface area contributed by atoms with Crippen molar-refractivity contribution in [1.82, 2.24) is 0 Å². The van der Waals surface area contributed by atoms with Gasteiger partial charge in [0.15, 0.2) is 0 Å². The fourth-order valence-corrected chi connectivity index (χ4v) is 1.33. The van der Waals surface area contributed by atoms with Gasteiger partial charge in [0.2, 0.25) is 0 Å². The summed E-state index contributed by atoms with van der Waals surface area (Å²) in [5, 5.41) is 0. The number of nitrogens with two attached hydrogens (primary N) is 1. The molecule has 0 saturated heterocycles. The first kappa shape index (κ1) is 11.8. The third-order valence-electron chi connectivity index (χ3n) is 2.07. The maximum Gasteiger partial charge on any atom is 0.305 e. The zero-order valence-electron chi connectivity index (χ0n) is 8.94. The SMILES string of the molecule is CCOC(=O)CCC(N)Cc1ccco1. The minimum atomic E-state index is -0.188. The molecule has 0 spiro atoms. The molecule has 0 aromatic carbocycles. The Labute approximate surface area is 89.4 Å². The lowest BCUT2D eigenvalue weighted by Crippen LogP contribution is -2.24. The highest BCUT2D eigenvalue weighted by molar-refractivity contribution is 5.69. The lowest BCUT2D eigenvalue weighted by Gasteiger charge is -2.08. The molecule has 2 N–H and O–H groups in total. The van der Waals surface area contributed by atoms with Crippen molar-refractivity contribution in [2.24, 2.45) is 5.73 Å². The molecule has 0 radical (unpaired) electrons. The Morgan fingerprint density at radius 3 is 3.07 bits per heavy atom. The van der Waals surface area contributed by atoms with Gasteiger partial charge in [-0.1, -0.05) is 0 Å². The maximum absolute atomic E-state index is 11.0. The van der Waals surface area contributed by atoms with E-state index in [-0.39, 0.29) is 12.0 Å². The molecule has 4 nitrogen and oxygen atoms in total. The van der Waals surface area contributed by atoms with Crippen LogP contribution >= 0.6 is 0 Å². The maximum atomic E-state index is 11.0. The quantitative estimate of drug-likeness (QED) is 0.724. The van der Waals surface area contributed by atoms with Crippen molar-refractivity contribution in [1.29, 1.82) is 0 Å². The Kier molecular flexibility index (Phi) is 4.90. The molecule has 1 rings (SSSR count). The summed E-state index contributed by atoms with van der Waals surface area (Å²) in [5.41, 5.74) is 5.84. The first-order valence-corrected chi connectivity index (χ1v) is 5.16. The highest BCUT2D eigenvalue weighted by Crippen LogP contribution is 2.07. The molecule has 4 heteroatoms. The van der Waals surface area contributed by atoms with Crippen molar-refractivity contribution in [2.75, 3.05) is 6.61 Å². The van der Waals surface area contributed by atoms with Gasteiger partial charge in [-0.3, -0.25) is 4.79 Å². The van der Waals surface area contributed by atoms with Crippen LogP contribution in [0.15, 0.2) is 22.8 Å². The van der Waals surface area contributed by atoms with Crippen LogP contribution < -0.4 is 5.73 Å². The van der Waals surface area contributed by atoms with Crippen LogP contribution in [0.1, 0.15) is 25.5 Å². The Bertz CT molecular complexity index is 282. The molecule has 1 atom stereocenters. The van der Waals surface area contributed by atoms with Gasteiger partial charge in [0.25, 0.3) is 0 Å². The van der Waals surface area contributed by atoms with E-state index in [4.69, 9.17) is 14.9 Å². The van der Waals surface area contributed by atoms with Crippen LogP contribution in [0, 0.1) is 0 Å². The molecule has 1 aromatic rings. The Morgan fingerprint density at radius 1 is 1.67 bits per heavy atom. The Hall–Kier alpha value is -1.29. The number of esters is 1. The third kappa shape index (κ3) is 4.65. The lowest BCUT2D eigenvalue weighted by molar-refractivity contribution is -0.143. The molecule has 0 aliphatic heterocycles. The van der Waals surface area contributed by atoms with E-state index in [1.165, 1.54) is 0 Å². The van der Waals surface area contributed by atoms with E-state index in [1.807, 2.05) is 12.1 Å². The molecule has 84 valence electrons. The summed E-state index contributed by atoms with van der Waals surface area (Å²) < 4.78 is 9.97. The summed E-state index contributed by atoms with van der Waals surface area (Å²) in [6.45, 7) is 2.22. The van der Waals surface area contributed by atoms with Gasteiger partial charge in [-0.25, -0.2) is 0 Å². The smallest absolute Gasteiger partial charge is 0.305 e. The molecular weight excluding hydrogens is 194 g/mol. The van der Waals surface area contributed by atoms with Crippen LogP contribution in [0.25, 0.3) is 0 Å². The van der Waals surface area contributed by atoms with E-state index in [9.17, 15) is 4.79 Å². The monoisotopic (exact) mass is 211 g/mol. The molecule has 0 fully saturated rings. The van der Waals surface area contributed by atoms with Gasteiger partial charge in [0.1, 0.15) is 5.76 Å². The average Bonchev–Trinajstić information content (AvgIpc) is 2.68. The zero-order chi connectivity index (χ0) is 11.1. The van der Waals surface area contributed by atoms with E-state index in [1.54, 1.807) is 13.2 Å². The van der Waals surface area contributed by atoms with E-state index in [0.29, 0.717) is 25.9 Å². The average molecular weight is 211 g/mol. The zero-order valence-corrected chi connectivity index (χ0v) is 8.94. The number of hydrogen-bond donors (Lipinski definition) is 1. The van der Waals surface area contributed by atoms with Gasteiger partial charge in [0.05, 0.1) is 12.9 Å². The minimum Gasteiger partial charge on any atom is -0.469 e. The van der Waals surface area contributed by atoms with Gasteiger partial charge >= 0.3 is 5.97 Å². The fourth-order valence-electron chi connectivity index (χ4n) is 1.33. The summed E-state index contributed by atoms with van der Waals surface area (Å²) in [6, 6.07) is 3.65. The van der Waals surface area contributed by atoms with Crippen molar-refractivity contribution in [3.63, 3.8) is 0 Å². The Morgan fingerprint density at radius 2 is 2.47 bits per heavy atom. The molecule has 0 amide bonds. The van der Waals surface area contributed by atoms with Gasteiger partial charge < -0.3 is 14.9 Å². The first-order valence-electron chi connectivity index (χ1n) is 5.16. The summed E-state index contributed by atoms with van der Waals surface area (Å²) in [6.07, 6.45) is 3.27. The fraction of sp³-hybridized carbons (Fsp3) is 0.545.